The van der Waals surface area contributed by atoms with Crippen molar-refractivity contribution in [1.82, 2.24) is 14.7 Å². The molecule has 0 bridgehead atoms. The van der Waals surface area contributed by atoms with E-state index in [0.29, 0.717) is 18.1 Å². The van der Waals surface area contributed by atoms with Crippen LogP contribution in [0.2, 0.25) is 0 Å². The van der Waals surface area contributed by atoms with Gasteiger partial charge in [-0.3, -0.25) is 4.79 Å². The molecule has 2 aromatic heterocycles. The quantitative estimate of drug-likeness (QED) is 0.320. The van der Waals surface area contributed by atoms with Gasteiger partial charge in [-0.25, -0.2) is 4.98 Å². The molecule has 4 aromatic rings. The molecule has 5 rings (SSSR count). The Bertz CT molecular complexity index is 1460. The van der Waals surface area contributed by atoms with Gasteiger partial charge in [-0.05, 0) is 68.7 Å². The van der Waals surface area contributed by atoms with E-state index in [9.17, 15) is 4.79 Å². The van der Waals surface area contributed by atoms with Gasteiger partial charge in [-0.15, -0.1) is 0 Å². The molecular formula is C30H30N4O5. The van der Waals surface area contributed by atoms with Gasteiger partial charge in [0, 0.05) is 41.8 Å². The molecule has 0 saturated carbocycles. The number of imidazole rings is 1. The van der Waals surface area contributed by atoms with Crippen LogP contribution in [0.15, 0.2) is 71.5 Å². The summed E-state index contributed by atoms with van der Waals surface area (Å²) in [5.41, 5.74) is 8.43. The highest BCUT2D eigenvalue weighted by atomic mass is 16.7. The van der Waals surface area contributed by atoms with Crippen LogP contribution in [0.3, 0.4) is 0 Å². The molecule has 1 aliphatic rings. The van der Waals surface area contributed by atoms with Crippen LogP contribution in [0, 0.1) is 11.8 Å². The van der Waals surface area contributed by atoms with Crippen LogP contribution in [-0.4, -0.2) is 40.1 Å². The second-order valence-electron chi connectivity index (χ2n) is 9.28. The normalized spacial score (nSPS) is 15.8. The van der Waals surface area contributed by atoms with Gasteiger partial charge in [0.25, 0.3) is 5.91 Å². The van der Waals surface area contributed by atoms with E-state index in [1.165, 1.54) is 0 Å². The van der Waals surface area contributed by atoms with Crippen molar-refractivity contribution in [3.8, 4) is 28.9 Å². The first kappa shape index (κ1) is 26.2. The average Bonchev–Trinajstić information content (AvgIpc) is 3.62. The van der Waals surface area contributed by atoms with Gasteiger partial charge in [0.1, 0.15) is 23.4 Å². The maximum atomic E-state index is 10.9. The van der Waals surface area contributed by atoms with Crippen LogP contribution >= 0.6 is 0 Å². The number of carbonyl (C=O) groups excluding carboxylic acids is 1. The lowest BCUT2D eigenvalue weighted by Crippen LogP contribution is -2.24. The van der Waals surface area contributed by atoms with Crippen LogP contribution in [0.5, 0.6) is 5.75 Å². The fraction of sp³-hybridized carbons (Fsp3) is 0.300. The van der Waals surface area contributed by atoms with E-state index in [1.807, 2.05) is 60.2 Å². The summed E-state index contributed by atoms with van der Waals surface area (Å²) in [5, 5.41) is 4.26. The molecule has 0 aliphatic carbocycles. The predicted molar refractivity (Wildman–Crippen MR) is 143 cm³/mol. The number of primary amides is 1. The maximum Gasteiger partial charge on any atom is 0.255 e. The Kier molecular flexibility index (Phi) is 8.36. The molecule has 0 radical (unpaired) electrons. The summed E-state index contributed by atoms with van der Waals surface area (Å²) in [4.78, 5) is 15.4. The SMILES string of the molecule is C[C@H](OC1CCCCO1)c1nccn1Cc1cc(-c2ccc(C#Cc3cccc(OCC(N)=O)c3)cc2)on1. The van der Waals surface area contributed by atoms with Gasteiger partial charge in [0.05, 0.1) is 6.54 Å². The zero-order chi connectivity index (χ0) is 27.0. The molecule has 1 aliphatic heterocycles. The molecule has 1 fully saturated rings. The number of hydrogen-bond acceptors (Lipinski definition) is 7. The topological polar surface area (TPSA) is 115 Å². The van der Waals surface area contributed by atoms with Crippen molar-refractivity contribution in [1.29, 1.82) is 0 Å². The number of aromatic nitrogens is 3. The van der Waals surface area contributed by atoms with Crippen molar-refractivity contribution in [3.63, 3.8) is 0 Å². The van der Waals surface area contributed by atoms with Crippen molar-refractivity contribution in [2.24, 2.45) is 5.73 Å². The van der Waals surface area contributed by atoms with Crippen LogP contribution < -0.4 is 10.5 Å². The summed E-state index contributed by atoms with van der Waals surface area (Å²) < 4.78 is 24.8. The molecule has 1 saturated heterocycles. The van der Waals surface area contributed by atoms with Crippen LogP contribution in [0.4, 0.5) is 0 Å². The summed E-state index contributed by atoms with van der Waals surface area (Å²) in [5.74, 6) is 7.75. The van der Waals surface area contributed by atoms with Crippen LogP contribution in [-0.2, 0) is 20.8 Å². The van der Waals surface area contributed by atoms with E-state index in [2.05, 4.69) is 22.0 Å². The van der Waals surface area contributed by atoms with E-state index in [-0.39, 0.29) is 19.0 Å². The predicted octanol–water partition coefficient (Wildman–Crippen LogP) is 4.45. The summed E-state index contributed by atoms with van der Waals surface area (Å²) in [7, 11) is 0. The summed E-state index contributed by atoms with van der Waals surface area (Å²) in [6.45, 7) is 3.08. The highest BCUT2D eigenvalue weighted by Gasteiger charge is 2.21. The number of benzene rings is 2. The third-order valence-corrected chi connectivity index (χ3v) is 6.23. The van der Waals surface area contributed by atoms with Crippen molar-refractivity contribution < 1.29 is 23.5 Å². The van der Waals surface area contributed by atoms with Crippen LogP contribution in [0.25, 0.3) is 11.3 Å². The van der Waals surface area contributed by atoms with Crippen molar-refractivity contribution in [2.75, 3.05) is 13.2 Å². The number of nitrogens with zero attached hydrogens (tertiary/aromatic N) is 3. The minimum atomic E-state index is -0.526. The first-order chi connectivity index (χ1) is 19.0. The van der Waals surface area contributed by atoms with Crippen LogP contribution in [0.1, 0.15) is 54.9 Å². The zero-order valence-electron chi connectivity index (χ0n) is 21.7. The van der Waals surface area contributed by atoms with Gasteiger partial charge in [0.2, 0.25) is 0 Å². The number of nitrogens with two attached hydrogens (primary N) is 1. The summed E-state index contributed by atoms with van der Waals surface area (Å²) in [6, 6.07) is 16.9. The van der Waals surface area contributed by atoms with Gasteiger partial charge >= 0.3 is 0 Å². The molecule has 0 spiro atoms. The van der Waals surface area contributed by atoms with Gasteiger partial charge in [0.15, 0.2) is 18.7 Å². The fourth-order valence-electron chi connectivity index (χ4n) is 4.30. The molecule has 2 aromatic carbocycles. The second kappa shape index (κ2) is 12.4. The fourth-order valence-corrected chi connectivity index (χ4v) is 4.30. The smallest absolute Gasteiger partial charge is 0.255 e. The lowest BCUT2D eigenvalue weighted by molar-refractivity contribution is -0.188. The van der Waals surface area contributed by atoms with E-state index in [4.69, 9.17) is 24.5 Å². The van der Waals surface area contributed by atoms with Gasteiger partial charge in [-0.1, -0.05) is 23.1 Å². The summed E-state index contributed by atoms with van der Waals surface area (Å²) in [6.07, 6.45) is 6.40. The number of amides is 1. The van der Waals surface area contributed by atoms with Crippen molar-refractivity contribution in [3.05, 3.63) is 89.6 Å². The minimum Gasteiger partial charge on any atom is -0.484 e. The lowest BCUT2D eigenvalue weighted by Gasteiger charge is -2.26. The average molecular weight is 527 g/mol. The van der Waals surface area contributed by atoms with Crippen molar-refractivity contribution >= 4 is 5.91 Å². The molecular weight excluding hydrogens is 496 g/mol. The molecule has 9 heteroatoms. The Hall–Kier alpha value is -4.39. The third-order valence-electron chi connectivity index (χ3n) is 6.23. The molecule has 3 heterocycles. The molecule has 39 heavy (non-hydrogen) atoms. The van der Waals surface area contributed by atoms with Gasteiger partial charge < -0.3 is 29.0 Å². The molecule has 9 nitrogen and oxygen atoms in total. The molecule has 2 N–H and O–H groups in total. The van der Waals surface area contributed by atoms with Crippen molar-refractivity contribution in [2.45, 2.75) is 45.1 Å². The Morgan fingerprint density at radius 1 is 1.15 bits per heavy atom. The molecule has 2 atom stereocenters. The maximum absolute atomic E-state index is 10.9. The first-order valence-corrected chi connectivity index (χ1v) is 12.9. The highest BCUT2D eigenvalue weighted by molar-refractivity contribution is 5.75. The molecule has 1 amide bonds. The molecule has 200 valence electrons. The Balaban J connectivity index is 1.21. The Morgan fingerprint density at radius 2 is 2.00 bits per heavy atom. The second-order valence-corrected chi connectivity index (χ2v) is 9.28. The van der Waals surface area contributed by atoms with Gasteiger partial charge in [-0.2, -0.15) is 0 Å². The minimum absolute atomic E-state index is 0.172. The molecule has 1 unspecified atom stereocenters. The van der Waals surface area contributed by atoms with E-state index < -0.39 is 5.91 Å². The van der Waals surface area contributed by atoms with E-state index in [0.717, 1.165) is 54.1 Å². The number of rotatable bonds is 9. The largest absolute Gasteiger partial charge is 0.484 e. The zero-order valence-corrected chi connectivity index (χ0v) is 21.7. The monoisotopic (exact) mass is 526 g/mol. The van der Waals surface area contributed by atoms with E-state index >= 15 is 0 Å². The standard InChI is InChI=1S/C30H30N4O5/c1-21(38-29-7-2-3-16-36-29)30-32-14-15-34(30)19-25-18-27(39-33-25)24-12-10-22(11-13-24)8-9-23-5-4-6-26(17-23)37-20-28(31)35/h4-6,10-15,17-18,21,29H,2-3,7,16,19-20H2,1H3,(H2,31,35)/t21-,29?/m0/s1. The highest BCUT2D eigenvalue weighted by Crippen LogP contribution is 2.25. The number of carbonyl (C=O) groups is 1. The Morgan fingerprint density at radius 3 is 2.79 bits per heavy atom. The Labute approximate surface area is 226 Å². The van der Waals surface area contributed by atoms with E-state index in [1.54, 1.807) is 18.3 Å². The number of hydrogen-bond donors (Lipinski definition) is 1. The summed E-state index contributed by atoms with van der Waals surface area (Å²) >= 11 is 0. The third kappa shape index (κ3) is 7.13. The lowest BCUT2D eigenvalue weighted by atomic mass is 10.1. The first-order valence-electron chi connectivity index (χ1n) is 12.9. The number of ether oxygens (including phenoxy) is 3.